The molecular formula is C22H19N3O2. The second-order valence-electron chi connectivity index (χ2n) is 6.35. The van der Waals surface area contributed by atoms with Gasteiger partial charge in [0.15, 0.2) is 0 Å². The van der Waals surface area contributed by atoms with Crippen LogP contribution in [0.2, 0.25) is 0 Å². The summed E-state index contributed by atoms with van der Waals surface area (Å²) in [5, 5.41) is 12.2. The van der Waals surface area contributed by atoms with Gasteiger partial charge in [-0.05, 0) is 36.2 Å². The zero-order chi connectivity index (χ0) is 18.6. The second-order valence-corrected chi connectivity index (χ2v) is 6.35. The molecule has 0 saturated heterocycles. The van der Waals surface area contributed by atoms with E-state index in [0.29, 0.717) is 18.5 Å². The summed E-state index contributed by atoms with van der Waals surface area (Å²) in [6.45, 7) is 0.529. The second kappa shape index (κ2) is 7.33. The third-order valence-corrected chi connectivity index (χ3v) is 4.42. The fourth-order valence-electron chi connectivity index (χ4n) is 2.96. The number of aromatic hydroxyl groups is 1. The molecule has 2 N–H and O–H groups in total. The zero-order valence-corrected chi connectivity index (χ0v) is 14.7. The molecule has 0 radical (unpaired) electrons. The fraction of sp³-hybridized carbons (Fsp3) is 0.0909. The first-order valence-electron chi connectivity index (χ1n) is 8.79. The van der Waals surface area contributed by atoms with Crippen molar-refractivity contribution in [2.75, 3.05) is 6.54 Å². The Morgan fingerprint density at radius 1 is 0.963 bits per heavy atom. The summed E-state index contributed by atoms with van der Waals surface area (Å²) in [4.78, 5) is 17.0. The Labute approximate surface area is 156 Å². The number of pyridine rings is 1. The van der Waals surface area contributed by atoms with Crippen molar-refractivity contribution < 1.29 is 9.90 Å². The minimum absolute atomic E-state index is 0.120. The molecule has 0 aliphatic heterocycles. The van der Waals surface area contributed by atoms with Gasteiger partial charge in [-0.15, -0.1) is 0 Å². The van der Waals surface area contributed by atoms with Gasteiger partial charge in [0, 0.05) is 24.5 Å². The number of aromatic nitrogens is 2. The van der Waals surface area contributed by atoms with Crippen LogP contribution in [0.3, 0.4) is 0 Å². The number of carbonyl (C=O) groups is 1. The number of hydrogen-bond donors (Lipinski definition) is 2. The largest absolute Gasteiger partial charge is 0.508 e. The van der Waals surface area contributed by atoms with Gasteiger partial charge in [0.2, 0.25) is 0 Å². The average molecular weight is 357 g/mol. The third-order valence-electron chi connectivity index (χ3n) is 4.42. The van der Waals surface area contributed by atoms with E-state index in [0.717, 1.165) is 22.5 Å². The van der Waals surface area contributed by atoms with Gasteiger partial charge < -0.3 is 14.8 Å². The van der Waals surface area contributed by atoms with Gasteiger partial charge in [-0.1, -0.05) is 42.5 Å². The molecule has 0 bridgehead atoms. The van der Waals surface area contributed by atoms with Crippen molar-refractivity contribution in [1.82, 2.24) is 14.7 Å². The van der Waals surface area contributed by atoms with E-state index in [1.54, 1.807) is 24.4 Å². The summed E-state index contributed by atoms with van der Waals surface area (Å²) >= 11 is 0. The van der Waals surface area contributed by atoms with Crippen LogP contribution in [0.25, 0.3) is 16.9 Å². The Morgan fingerprint density at radius 3 is 2.52 bits per heavy atom. The number of imidazole rings is 1. The van der Waals surface area contributed by atoms with Gasteiger partial charge >= 0.3 is 0 Å². The molecule has 0 fully saturated rings. The van der Waals surface area contributed by atoms with Gasteiger partial charge in [0.05, 0.1) is 11.3 Å². The molecule has 0 aliphatic carbocycles. The highest BCUT2D eigenvalue weighted by molar-refractivity contribution is 5.94. The Morgan fingerprint density at radius 2 is 1.74 bits per heavy atom. The van der Waals surface area contributed by atoms with Gasteiger partial charge in [-0.2, -0.15) is 0 Å². The van der Waals surface area contributed by atoms with Crippen LogP contribution in [0.4, 0.5) is 0 Å². The number of benzene rings is 2. The van der Waals surface area contributed by atoms with Crippen LogP contribution in [-0.4, -0.2) is 26.9 Å². The Bertz CT molecular complexity index is 1070. The van der Waals surface area contributed by atoms with Gasteiger partial charge in [-0.3, -0.25) is 4.79 Å². The van der Waals surface area contributed by atoms with Crippen LogP contribution < -0.4 is 5.32 Å². The summed E-state index contributed by atoms with van der Waals surface area (Å²) in [5.41, 5.74) is 4.37. The van der Waals surface area contributed by atoms with E-state index in [-0.39, 0.29) is 11.7 Å². The molecule has 4 rings (SSSR count). The summed E-state index contributed by atoms with van der Waals surface area (Å²) in [6.07, 6.45) is 4.43. The topological polar surface area (TPSA) is 66.6 Å². The molecule has 0 spiro atoms. The molecule has 0 atom stereocenters. The Balaban J connectivity index is 1.45. The van der Waals surface area contributed by atoms with Crippen LogP contribution in [0.5, 0.6) is 5.75 Å². The SMILES string of the molecule is O=C(NCCc1ccc(O)cc1)c1ccc2nc(-c3ccccc3)cn2c1. The molecule has 134 valence electrons. The molecule has 27 heavy (non-hydrogen) atoms. The molecule has 0 aliphatic rings. The van der Waals surface area contributed by atoms with E-state index in [1.807, 2.05) is 59.1 Å². The maximum Gasteiger partial charge on any atom is 0.252 e. The molecule has 1 amide bonds. The normalized spacial score (nSPS) is 10.8. The van der Waals surface area contributed by atoms with Crippen LogP contribution in [-0.2, 0) is 6.42 Å². The first-order chi connectivity index (χ1) is 13.2. The van der Waals surface area contributed by atoms with Crippen LogP contribution in [0.1, 0.15) is 15.9 Å². The maximum absolute atomic E-state index is 12.4. The Kier molecular flexibility index (Phi) is 4.58. The quantitative estimate of drug-likeness (QED) is 0.573. The summed E-state index contributed by atoms with van der Waals surface area (Å²) in [5.74, 6) is 0.122. The summed E-state index contributed by atoms with van der Waals surface area (Å²) < 4.78 is 1.87. The minimum Gasteiger partial charge on any atom is -0.508 e. The average Bonchev–Trinajstić information content (AvgIpc) is 3.13. The van der Waals surface area contributed by atoms with Gasteiger partial charge in [-0.25, -0.2) is 4.98 Å². The van der Waals surface area contributed by atoms with Gasteiger partial charge in [0.1, 0.15) is 11.4 Å². The lowest BCUT2D eigenvalue weighted by Crippen LogP contribution is -2.25. The zero-order valence-electron chi connectivity index (χ0n) is 14.7. The highest BCUT2D eigenvalue weighted by Gasteiger charge is 2.09. The van der Waals surface area contributed by atoms with Crippen molar-refractivity contribution in [3.8, 4) is 17.0 Å². The molecule has 5 nitrogen and oxygen atoms in total. The molecule has 2 aromatic heterocycles. The minimum atomic E-state index is -0.120. The van der Waals surface area contributed by atoms with E-state index >= 15 is 0 Å². The molecule has 2 heterocycles. The van der Waals surface area contributed by atoms with Crippen molar-refractivity contribution in [3.05, 3.63) is 90.3 Å². The van der Waals surface area contributed by atoms with Crippen molar-refractivity contribution in [2.45, 2.75) is 6.42 Å². The van der Waals surface area contributed by atoms with Crippen molar-refractivity contribution in [3.63, 3.8) is 0 Å². The highest BCUT2D eigenvalue weighted by atomic mass is 16.3. The predicted octanol–water partition coefficient (Wildman–Crippen LogP) is 3.68. The van der Waals surface area contributed by atoms with E-state index in [4.69, 9.17) is 0 Å². The fourth-order valence-corrected chi connectivity index (χ4v) is 2.96. The van der Waals surface area contributed by atoms with Crippen LogP contribution in [0.15, 0.2) is 79.1 Å². The van der Waals surface area contributed by atoms with Crippen molar-refractivity contribution in [1.29, 1.82) is 0 Å². The molecule has 0 unspecified atom stereocenters. The predicted molar refractivity (Wildman–Crippen MR) is 105 cm³/mol. The lowest BCUT2D eigenvalue weighted by atomic mass is 10.1. The monoisotopic (exact) mass is 357 g/mol. The molecule has 2 aromatic carbocycles. The molecule has 0 saturated carbocycles. The van der Waals surface area contributed by atoms with E-state index in [9.17, 15) is 9.90 Å². The highest BCUT2D eigenvalue weighted by Crippen LogP contribution is 2.19. The lowest BCUT2D eigenvalue weighted by molar-refractivity contribution is 0.0953. The number of rotatable bonds is 5. The van der Waals surface area contributed by atoms with E-state index in [1.165, 1.54) is 0 Å². The number of nitrogens with zero attached hydrogens (tertiary/aromatic N) is 2. The number of carbonyl (C=O) groups excluding carboxylic acids is 1. The number of hydrogen-bond acceptors (Lipinski definition) is 3. The van der Waals surface area contributed by atoms with E-state index < -0.39 is 0 Å². The first kappa shape index (κ1) is 16.8. The van der Waals surface area contributed by atoms with Crippen molar-refractivity contribution >= 4 is 11.6 Å². The Hall–Kier alpha value is -3.60. The van der Waals surface area contributed by atoms with Crippen LogP contribution >= 0.6 is 0 Å². The smallest absolute Gasteiger partial charge is 0.252 e. The standard InChI is InChI=1S/C22H19N3O2/c26-19-9-6-16(7-10-19)12-13-23-22(27)18-8-11-21-24-20(15-25(21)14-18)17-4-2-1-3-5-17/h1-11,14-15,26H,12-13H2,(H,23,27). The number of phenols is 1. The van der Waals surface area contributed by atoms with E-state index in [2.05, 4.69) is 10.3 Å². The number of phenolic OH excluding ortho intramolecular Hbond substituents is 1. The third kappa shape index (κ3) is 3.82. The number of nitrogens with one attached hydrogen (secondary N) is 1. The molecular weight excluding hydrogens is 338 g/mol. The molecule has 5 heteroatoms. The van der Waals surface area contributed by atoms with Crippen LogP contribution in [0, 0.1) is 0 Å². The number of amides is 1. The maximum atomic E-state index is 12.4. The lowest BCUT2D eigenvalue weighted by Gasteiger charge is -2.06. The summed E-state index contributed by atoms with van der Waals surface area (Å²) in [6, 6.07) is 20.6. The van der Waals surface area contributed by atoms with Crippen molar-refractivity contribution in [2.24, 2.45) is 0 Å². The number of fused-ring (bicyclic) bond motifs is 1. The first-order valence-corrected chi connectivity index (χ1v) is 8.79. The van der Waals surface area contributed by atoms with Gasteiger partial charge in [0.25, 0.3) is 5.91 Å². The summed E-state index contributed by atoms with van der Waals surface area (Å²) in [7, 11) is 0. The molecule has 4 aromatic rings.